The van der Waals surface area contributed by atoms with E-state index < -0.39 is 0 Å². The smallest absolute Gasteiger partial charge is 0.198 e. The molecular formula is C14H20N6OS. The van der Waals surface area contributed by atoms with Crippen molar-refractivity contribution in [3.8, 4) is 0 Å². The molecule has 1 fully saturated rings. The second-order valence-corrected chi connectivity index (χ2v) is 5.72. The fourth-order valence-corrected chi connectivity index (χ4v) is 2.82. The third kappa shape index (κ3) is 3.03. The zero-order chi connectivity index (χ0) is 15.5. The highest BCUT2D eigenvalue weighted by atomic mass is 32.1. The molecule has 3 rings (SSSR count). The highest BCUT2D eigenvalue weighted by molar-refractivity contribution is 7.71. The average Bonchev–Trinajstić information content (AvgIpc) is 2.84. The molecule has 3 heterocycles. The van der Waals surface area contributed by atoms with Crippen LogP contribution in [0.5, 0.6) is 0 Å². The van der Waals surface area contributed by atoms with Crippen molar-refractivity contribution in [2.24, 2.45) is 7.05 Å². The zero-order valence-electron chi connectivity index (χ0n) is 12.6. The van der Waals surface area contributed by atoms with Gasteiger partial charge in [-0.3, -0.25) is 4.90 Å². The monoisotopic (exact) mass is 320 g/mol. The molecule has 0 radical (unpaired) electrons. The van der Waals surface area contributed by atoms with Gasteiger partial charge in [0.25, 0.3) is 0 Å². The van der Waals surface area contributed by atoms with E-state index in [-0.39, 0.29) is 6.61 Å². The summed E-state index contributed by atoms with van der Waals surface area (Å²) in [7, 11) is 1.83. The molecule has 0 unspecified atom stereocenters. The second kappa shape index (κ2) is 6.55. The van der Waals surface area contributed by atoms with Crippen molar-refractivity contribution in [1.29, 1.82) is 0 Å². The van der Waals surface area contributed by atoms with Gasteiger partial charge in [0.15, 0.2) is 10.6 Å². The molecule has 2 aromatic heterocycles. The summed E-state index contributed by atoms with van der Waals surface area (Å²) in [5.41, 5.74) is 0. The maximum absolute atomic E-state index is 9.25. The third-order valence-corrected chi connectivity index (χ3v) is 4.44. The van der Waals surface area contributed by atoms with Crippen LogP contribution in [-0.2, 0) is 20.3 Å². The van der Waals surface area contributed by atoms with Gasteiger partial charge < -0.3 is 14.6 Å². The standard InChI is InChI=1S/C14H20N6OS/c1-17-13(10-21)16-20(14(17)22)11-18-6-8-19(9-7-18)12-4-2-3-5-15-12/h2-5,21H,6-11H2,1H3. The Balaban J connectivity index is 1.62. The van der Waals surface area contributed by atoms with Crippen molar-refractivity contribution < 1.29 is 5.11 Å². The zero-order valence-corrected chi connectivity index (χ0v) is 13.4. The molecular weight excluding hydrogens is 300 g/mol. The van der Waals surface area contributed by atoms with E-state index in [4.69, 9.17) is 12.2 Å². The Morgan fingerprint density at radius 1 is 1.23 bits per heavy atom. The first-order valence-corrected chi connectivity index (χ1v) is 7.72. The molecule has 1 N–H and O–H groups in total. The molecule has 2 aromatic rings. The van der Waals surface area contributed by atoms with Crippen LogP contribution in [0.3, 0.4) is 0 Å². The summed E-state index contributed by atoms with van der Waals surface area (Å²) in [5.74, 6) is 1.62. The van der Waals surface area contributed by atoms with Gasteiger partial charge in [-0.2, -0.15) is 5.10 Å². The summed E-state index contributed by atoms with van der Waals surface area (Å²) in [6.45, 7) is 4.30. The molecule has 22 heavy (non-hydrogen) atoms. The van der Waals surface area contributed by atoms with Crippen LogP contribution in [0.4, 0.5) is 5.82 Å². The fraction of sp³-hybridized carbons (Fsp3) is 0.500. The van der Waals surface area contributed by atoms with Crippen molar-refractivity contribution in [1.82, 2.24) is 24.2 Å². The average molecular weight is 320 g/mol. The quantitative estimate of drug-likeness (QED) is 0.833. The maximum Gasteiger partial charge on any atom is 0.198 e. The van der Waals surface area contributed by atoms with Crippen molar-refractivity contribution >= 4 is 18.0 Å². The van der Waals surface area contributed by atoms with Gasteiger partial charge in [-0.1, -0.05) is 6.07 Å². The first-order chi connectivity index (χ1) is 10.7. The van der Waals surface area contributed by atoms with Crippen LogP contribution in [0.15, 0.2) is 24.4 Å². The van der Waals surface area contributed by atoms with Crippen molar-refractivity contribution in [2.75, 3.05) is 31.1 Å². The minimum atomic E-state index is -0.0966. The van der Waals surface area contributed by atoms with Crippen molar-refractivity contribution in [3.63, 3.8) is 0 Å². The number of hydrogen-bond acceptors (Lipinski definition) is 6. The molecule has 0 atom stereocenters. The Morgan fingerprint density at radius 3 is 2.59 bits per heavy atom. The molecule has 118 valence electrons. The molecule has 0 bridgehead atoms. The molecule has 0 amide bonds. The molecule has 0 saturated carbocycles. The Labute approximate surface area is 134 Å². The molecule has 1 aliphatic heterocycles. The van der Waals surface area contributed by atoms with Gasteiger partial charge >= 0.3 is 0 Å². The first-order valence-electron chi connectivity index (χ1n) is 7.31. The molecule has 1 saturated heterocycles. The van der Waals surface area contributed by atoms with E-state index in [1.54, 1.807) is 9.25 Å². The minimum Gasteiger partial charge on any atom is -0.388 e. The minimum absolute atomic E-state index is 0.0966. The lowest BCUT2D eigenvalue weighted by Crippen LogP contribution is -2.47. The number of aliphatic hydroxyl groups excluding tert-OH is 1. The summed E-state index contributed by atoms with van der Waals surface area (Å²) in [5, 5.41) is 13.6. The van der Waals surface area contributed by atoms with Crippen LogP contribution >= 0.6 is 12.2 Å². The SMILES string of the molecule is Cn1c(CO)nn(CN2CCN(c3ccccn3)CC2)c1=S. The van der Waals surface area contributed by atoms with Gasteiger partial charge in [0.2, 0.25) is 0 Å². The molecule has 1 aliphatic rings. The molecule has 0 aliphatic carbocycles. The number of rotatable bonds is 4. The fourth-order valence-electron chi connectivity index (χ4n) is 2.61. The number of piperazine rings is 1. The van der Waals surface area contributed by atoms with E-state index in [0.717, 1.165) is 32.0 Å². The summed E-state index contributed by atoms with van der Waals surface area (Å²) in [6.07, 6.45) is 1.82. The van der Waals surface area contributed by atoms with Gasteiger partial charge in [-0.25, -0.2) is 9.67 Å². The largest absolute Gasteiger partial charge is 0.388 e. The number of aromatic nitrogens is 4. The van der Waals surface area contributed by atoms with Crippen molar-refractivity contribution in [3.05, 3.63) is 35.0 Å². The van der Waals surface area contributed by atoms with E-state index >= 15 is 0 Å². The van der Waals surface area contributed by atoms with Gasteiger partial charge in [0.05, 0.1) is 6.67 Å². The van der Waals surface area contributed by atoms with Crippen LogP contribution in [-0.4, -0.2) is 55.5 Å². The predicted molar refractivity (Wildman–Crippen MR) is 86.0 cm³/mol. The summed E-state index contributed by atoms with van der Waals surface area (Å²) in [4.78, 5) is 8.99. The molecule has 8 heteroatoms. The van der Waals surface area contributed by atoms with Crippen LogP contribution in [0.25, 0.3) is 0 Å². The Kier molecular flexibility index (Phi) is 4.51. The van der Waals surface area contributed by atoms with Crippen LogP contribution in [0.1, 0.15) is 5.82 Å². The lowest BCUT2D eigenvalue weighted by atomic mass is 10.3. The topological polar surface area (TPSA) is 62.4 Å². The van der Waals surface area contributed by atoms with Gasteiger partial charge in [0, 0.05) is 39.4 Å². The van der Waals surface area contributed by atoms with E-state index in [1.807, 2.05) is 31.4 Å². The van der Waals surface area contributed by atoms with Crippen LogP contribution in [0.2, 0.25) is 0 Å². The van der Waals surface area contributed by atoms with Gasteiger partial charge in [-0.05, 0) is 24.4 Å². The highest BCUT2D eigenvalue weighted by Crippen LogP contribution is 2.13. The van der Waals surface area contributed by atoms with E-state index in [2.05, 4.69) is 19.9 Å². The number of nitrogens with zero attached hydrogens (tertiary/aromatic N) is 6. The number of hydrogen-bond donors (Lipinski definition) is 1. The lowest BCUT2D eigenvalue weighted by molar-refractivity contribution is 0.192. The highest BCUT2D eigenvalue weighted by Gasteiger charge is 2.19. The first kappa shape index (κ1) is 15.1. The van der Waals surface area contributed by atoms with E-state index in [1.165, 1.54) is 0 Å². The molecule has 0 spiro atoms. The van der Waals surface area contributed by atoms with E-state index in [0.29, 0.717) is 17.3 Å². The summed E-state index contributed by atoms with van der Waals surface area (Å²) < 4.78 is 4.16. The second-order valence-electron chi connectivity index (χ2n) is 5.35. The van der Waals surface area contributed by atoms with Crippen LogP contribution < -0.4 is 4.90 Å². The molecule has 7 nitrogen and oxygen atoms in total. The number of pyridine rings is 1. The third-order valence-electron chi connectivity index (χ3n) is 3.95. The Bertz CT molecular complexity index is 674. The van der Waals surface area contributed by atoms with Gasteiger partial charge in [0.1, 0.15) is 12.4 Å². The predicted octanol–water partition coefficient (Wildman–Crippen LogP) is 0.618. The number of aliphatic hydroxyl groups is 1. The summed E-state index contributed by atoms with van der Waals surface area (Å²) >= 11 is 5.35. The van der Waals surface area contributed by atoms with E-state index in [9.17, 15) is 5.11 Å². The normalized spacial score (nSPS) is 16.2. The Morgan fingerprint density at radius 2 is 2.00 bits per heavy atom. The molecule has 0 aromatic carbocycles. The van der Waals surface area contributed by atoms with Gasteiger partial charge in [-0.15, -0.1) is 0 Å². The summed E-state index contributed by atoms with van der Waals surface area (Å²) in [6, 6.07) is 5.98. The number of anilines is 1. The maximum atomic E-state index is 9.25. The lowest BCUT2D eigenvalue weighted by Gasteiger charge is -2.35. The van der Waals surface area contributed by atoms with Crippen LogP contribution in [0, 0.1) is 4.77 Å². The van der Waals surface area contributed by atoms with Crippen molar-refractivity contribution in [2.45, 2.75) is 13.3 Å². The Hall–Kier alpha value is -1.77.